The van der Waals surface area contributed by atoms with Crippen molar-refractivity contribution in [2.75, 3.05) is 27.4 Å². The van der Waals surface area contributed by atoms with E-state index in [1.807, 2.05) is 0 Å². The van der Waals surface area contributed by atoms with E-state index >= 15 is 0 Å². The van der Waals surface area contributed by atoms with Crippen LogP contribution in [0.4, 0.5) is 0 Å². The van der Waals surface area contributed by atoms with Crippen molar-refractivity contribution in [2.24, 2.45) is 23.7 Å². The van der Waals surface area contributed by atoms with Crippen LogP contribution < -0.4 is 18.9 Å². The van der Waals surface area contributed by atoms with Gasteiger partial charge in [0.1, 0.15) is 35.2 Å². The molecule has 0 saturated heterocycles. The first kappa shape index (κ1) is 31.4. The maximum absolute atomic E-state index is 12.8. The second-order valence-corrected chi connectivity index (χ2v) is 11.0. The summed E-state index contributed by atoms with van der Waals surface area (Å²) >= 11 is 0. The molecule has 0 aromatic heterocycles. The Labute approximate surface area is 238 Å². The third kappa shape index (κ3) is 9.52. The summed E-state index contributed by atoms with van der Waals surface area (Å²) in [6.45, 7) is 9.31. The molecule has 1 aliphatic carbocycles. The molecule has 0 aliphatic heterocycles. The molecule has 2 unspecified atom stereocenters. The third-order valence-corrected chi connectivity index (χ3v) is 7.20. The van der Waals surface area contributed by atoms with E-state index in [2.05, 4.69) is 27.7 Å². The zero-order valence-corrected chi connectivity index (χ0v) is 24.6. The van der Waals surface area contributed by atoms with Crippen LogP contribution in [0.5, 0.6) is 23.0 Å². The number of rotatable bonds is 14. The molecule has 0 N–H and O–H groups in total. The minimum Gasteiger partial charge on any atom is -0.488 e. The van der Waals surface area contributed by atoms with Crippen molar-refractivity contribution in [3.63, 3.8) is 0 Å². The topological polar surface area (TPSA) is 89.5 Å². The van der Waals surface area contributed by atoms with Gasteiger partial charge in [-0.3, -0.25) is 9.59 Å². The third-order valence-electron chi connectivity index (χ3n) is 7.20. The van der Waals surface area contributed by atoms with E-state index in [0.717, 1.165) is 0 Å². The lowest BCUT2D eigenvalue weighted by Crippen LogP contribution is -2.30. The number of ether oxygens (including phenoxy) is 6. The highest BCUT2D eigenvalue weighted by molar-refractivity contribution is 5.77. The molecule has 8 nitrogen and oxygen atoms in total. The summed E-state index contributed by atoms with van der Waals surface area (Å²) in [4.78, 5) is 25.5. The number of benzene rings is 2. The molecule has 1 aliphatic rings. The standard InChI is InChI=1S/C32H44O8/c1-21(2)29(19-35-5)37-25-11-15-27(16-12-25)39-31(33)23-7-9-24(10-8-23)32(34)40-28-17-13-26(14-18-28)38-30(20-36-6)22(3)4/h11-18,21-24,29-30H,7-10,19-20H2,1-6H3/t23-,24-,29?,30?. The van der Waals surface area contributed by atoms with Crippen LogP contribution in [0.15, 0.2) is 48.5 Å². The highest BCUT2D eigenvalue weighted by Crippen LogP contribution is 2.32. The average molecular weight is 557 g/mol. The van der Waals surface area contributed by atoms with Crippen LogP contribution in [0.2, 0.25) is 0 Å². The van der Waals surface area contributed by atoms with Crippen LogP contribution in [0.3, 0.4) is 0 Å². The van der Waals surface area contributed by atoms with Gasteiger partial charge in [0.15, 0.2) is 0 Å². The zero-order valence-electron chi connectivity index (χ0n) is 24.6. The first-order valence-corrected chi connectivity index (χ1v) is 14.1. The predicted octanol–water partition coefficient (Wildman–Crippen LogP) is 6.10. The number of esters is 2. The monoisotopic (exact) mass is 556 g/mol. The predicted molar refractivity (Wildman–Crippen MR) is 152 cm³/mol. The zero-order chi connectivity index (χ0) is 29.1. The Morgan fingerprint density at radius 2 is 0.900 bits per heavy atom. The van der Waals surface area contributed by atoms with Crippen molar-refractivity contribution >= 4 is 11.9 Å². The van der Waals surface area contributed by atoms with E-state index in [1.165, 1.54) is 0 Å². The molecule has 1 fully saturated rings. The van der Waals surface area contributed by atoms with Crippen LogP contribution in [-0.2, 0) is 19.1 Å². The average Bonchev–Trinajstić information content (AvgIpc) is 2.94. The first-order chi connectivity index (χ1) is 19.2. The summed E-state index contributed by atoms with van der Waals surface area (Å²) in [6.07, 6.45) is 2.20. The minimum atomic E-state index is -0.274. The van der Waals surface area contributed by atoms with Crippen molar-refractivity contribution < 1.29 is 38.0 Å². The van der Waals surface area contributed by atoms with Gasteiger partial charge in [-0.05, 0) is 86.1 Å². The van der Waals surface area contributed by atoms with Gasteiger partial charge in [-0.15, -0.1) is 0 Å². The molecular weight excluding hydrogens is 512 g/mol. The van der Waals surface area contributed by atoms with Gasteiger partial charge in [-0.1, -0.05) is 27.7 Å². The maximum atomic E-state index is 12.8. The summed E-state index contributed by atoms with van der Waals surface area (Å²) < 4.78 is 33.7. The van der Waals surface area contributed by atoms with E-state index in [4.69, 9.17) is 28.4 Å². The van der Waals surface area contributed by atoms with Crippen LogP contribution in [0, 0.1) is 23.7 Å². The van der Waals surface area contributed by atoms with Crippen LogP contribution in [0.25, 0.3) is 0 Å². The maximum Gasteiger partial charge on any atom is 0.314 e. The quantitative estimate of drug-likeness (QED) is 0.204. The molecule has 2 aromatic carbocycles. The smallest absolute Gasteiger partial charge is 0.314 e. The number of hydrogen-bond donors (Lipinski definition) is 0. The lowest BCUT2D eigenvalue weighted by molar-refractivity contribution is -0.145. The molecule has 2 atom stereocenters. The van der Waals surface area contributed by atoms with E-state index in [0.29, 0.717) is 73.7 Å². The van der Waals surface area contributed by atoms with Crippen LogP contribution in [-0.4, -0.2) is 51.6 Å². The second-order valence-electron chi connectivity index (χ2n) is 11.0. The Hall–Kier alpha value is -3.10. The lowest BCUT2D eigenvalue weighted by Gasteiger charge is -2.26. The Bertz CT molecular complexity index is 954. The van der Waals surface area contributed by atoms with Gasteiger partial charge in [0.25, 0.3) is 0 Å². The minimum absolute atomic E-state index is 0.0581. The van der Waals surface area contributed by atoms with Crippen molar-refractivity contribution in [1.82, 2.24) is 0 Å². The fourth-order valence-electron chi connectivity index (χ4n) is 4.54. The van der Waals surface area contributed by atoms with Crippen LogP contribution >= 0.6 is 0 Å². The number of carbonyl (C=O) groups excluding carboxylic acids is 2. The molecule has 0 radical (unpaired) electrons. The molecule has 8 heteroatoms. The molecule has 40 heavy (non-hydrogen) atoms. The Morgan fingerprint density at radius 3 is 1.18 bits per heavy atom. The van der Waals surface area contributed by atoms with Crippen molar-refractivity contribution in [3.8, 4) is 23.0 Å². The summed E-state index contributed by atoms with van der Waals surface area (Å²) in [6, 6.07) is 14.1. The second kappa shape index (κ2) is 15.6. The summed E-state index contributed by atoms with van der Waals surface area (Å²) in [5.74, 6) is 1.90. The van der Waals surface area contributed by atoms with E-state index < -0.39 is 0 Å². The van der Waals surface area contributed by atoms with Crippen molar-refractivity contribution in [2.45, 2.75) is 65.6 Å². The van der Waals surface area contributed by atoms with Gasteiger partial charge in [0.05, 0.1) is 25.0 Å². The molecule has 1 saturated carbocycles. The highest BCUT2D eigenvalue weighted by Gasteiger charge is 2.32. The fourth-order valence-corrected chi connectivity index (χ4v) is 4.54. The van der Waals surface area contributed by atoms with E-state index in [1.54, 1.807) is 62.8 Å². The Kier molecular flexibility index (Phi) is 12.3. The van der Waals surface area contributed by atoms with Gasteiger partial charge in [0, 0.05) is 14.2 Å². The molecule has 220 valence electrons. The molecule has 2 aromatic rings. The Balaban J connectivity index is 1.44. The number of methoxy groups -OCH3 is 2. The molecule has 3 rings (SSSR count). The van der Waals surface area contributed by atoms with Gasteiger partial charge in [0.2, 0.25) is 0 Å². The summed E-state index contributed by atoms with van der Waals surface area (Å²) in [5.41, 5.74) is 0. The first-order valence-electron chi connectivity index (χ1n) is 14.1. The Morgan fingerprint density at radius 1 is 0.600 bits per heavy atom. The number of hydrogen-bond acceptors (Lipinski definition) is 8. The molecule has 0 spiro atoms. The van der Waals surface area contributed by atoms with Crippen molar-refractivity contribution in [3.05, 3.63) is 48.5 Å². The molecule has 0 amide bonds. The van der Waals surface area contributed by atoms with Crippen LogP contribution in [0.1, 0.15) is 53.4 Å². The van der Waals surface area contributed by atoms with E-state index in [-0.39, 0.29) is 36.0 Å². The SMILES string of the molecule is COCC(Oc1ccc(OC(=O)[C@H]2CC[C@H](C(=O)Oc3ccc(OC(COC)C(C)C)cc3)CC2)cc1)C(C)C. The molecular formula is C32H44O8. The largest absolute Gasteiger partial charge is 0.488 e. The highest BCUT2D eigenvalue weighted by atomic mass is 16.5. The molecule has 0 heterocycles. The summed E-state index contributed by atoms with van der Waals surface area (Å²) in [5, 5.41) is 0. The lowest BCUT2D eigenvalue weighted by atomic mass is 9.82. The number of carbonyl (C=O) groups is 2. The van der Waals surface area contributed by atoms with Gasteiger partial charge < -0.3 is 28.4 Å². The normalized spacial score (nSPS) is 18.7. The summed E-state index contributed by atoms with van der Waals surface area (Å²) in [7, 11) is 3.30. The van der Waals surface area contributed by atoms with Gasteiger partial charge >= 0.3 is 11.9 Å². The van der Waals surface area contributed by atoms with E-state index in [9.17, 15) is 9.59 Å². The van der Waals surface area contributed by atoms with Gasteiger partial charge in [-0.25, -0.2) is 0 Å². The fraction of sp³-hybridized carbons (Fsp3) is 0.562. The van der Waals surface area contributed by atoms with Gasteiger partial charge in [-0.2, -0.15) is 0 Å². The van der Waals surface area contributed by atoms with Crippen molar-refractivity contribution in [1.29, 1.82) is 0 Å². The molecule has 0 bridgehead atoms.